The fraction of sp³-hybridized carbons (Fsp3) is 0.625. The lowest BCUT2D eigenvalue weighted by Crippen LogP contribution is -2.45. The molecule has 0 spiro atoms. The van der Waals surface area contributed by atoms with E-state index < -0.39 is 0 Å². The van der Waals surface area contributed by atoms with Gasteiger partial charge in [0.1, 0.15) is 0 Å². The zero-order valence-corrected chi connectivity index (χ0v) is 14.2. The molecule has 1 N–H and O–H groups in total. The van der Waals surface area contributed by atoms with E-state index in [9.17, 15) is 4.79 Å². The largest absolute Gasteiger partial charge is 0.336 e. The normalized spacial score (nSPS) is 18.7. The quantitative estimate of drug-likeness (QED) is 0.850. The third-order valence-electron chi connectivity index (χ3n) is 4.36. The Kier molecular flexibility index (Phi) is 5.24. The highest BCUT2D eigenvalue weighted by Crippen LogP contribution is 2.17. The molecule has 1 aliphatic heterocycles. The summed E-state index contributed by atoms with van der Waals surface area (Å²) in [4.78, 5) is 18.5. The number of nitrogens with zero attached hydrogens (tertiary/aromatic N) is 5. The van der Waals surface area contributed by atoms with E-state index in [1.54, 1.807) is 23.7 Å². The summed E-state index contributed by atoms with van der Waals surface area (Å²) in [6.45, 7) is 6.92. The second kappa shape index (κ2) is 7.57. The van der Waals surface area contributed by atoms with E-state index in [0.29, 0.717) is 24.4 Å². The summed E-state index contributed by atoms with van der Waals surface area (Å²) in [6, 6.07) is 4.19. The summed E-state index contributed by atoms with van der Waals surface area (Å²) in [5.41, 5.74) is 0.812. The lowest BCUT2D eigenvalue weighted by Gasteiger charge is -2.35. The van der Waals surface area contributed by atoms with Crippen molar-refractivity contribution in [1.29, 1.82) is 0 Å². The molecule has 0 aromatic carbocycles. The number of hydrogen-bond donors (Lipinski definition) is 1. The second-order valence-corrected chi connectivity index (χ2v) is 6.25. The van der Waals surface area contributed by atoms with Crippen LogP contribution in [0.4, 0.5) is 6.01 Å². The van der Waals surface area contributed by atoms with Crippen LogP contribution in [0.2, 0.25) is 0 Å². The maximum absolute atomic E-state index is 11.9. The first-order valence-corrected chi connectivity index (χ1v) is 8.45. The minimum absolute atomic E-state index is 0.0476. The molecule has 1 aliphatic rings. The predicted molar refractivity (Wildman–Crippen MR) is 90.0 cm³/mol. The van der Waals surface area contributed by atoms with Crippen LogP contribution < -0.4 is 10.9 Å². The van der Waals surface area contributed by atoms with Crippen molar-refractivity contribution < 1.29 is 4.52 Å². The first-order chi connectivity index (χ1) is 11.6. The molecule has 0 aliphatic carbocycles. The Balaban J connectivity index is 1.57. The first-order valence-electron chi connectivity index (χ1n) is 8.45. The SMILES string of the molecule is Cc1ccc(=O)n(CCN2CCCCC2CNc2nc(C)no2)n1. The third-order valence-corrected chi connectivity index (χ3v) is 4.36. The van der Waals surface area contributed by atoms with Crippen LogP contribution in [0.15, 0.2) is 21.5 Å². The van der Waals surface area contributed by atoms with Gasteiger partial charge in [-0.05, 0) is 39.3 Å². The molecule has 8 nitrogen and oxygen atoms in total. The van der Waals surface area contributed by atoms with Gasteiger partial charge in [-0.25, -0.2) is 4.68 Å². The second-order valence-electron chi connectivity index (χ2n) is 6.25. The number of anilines is 1. The van der Waals surface area contributed by atoms with Gasteiger partial charge in [-0.3, -0.25) is 9.69 Å². The Morgan fingerprint density at radius 2 is 2.17 bits per heavy atom. The fourth-order valence-corrected chi connectivity index (χ4v) is 3.09. The summed E-state index contributed by atoms with van der Waals surface area (Å²) in [7, 11) is 0. The van der Waals surface area contributed by atoms with Crippen LogP contribution in [0.1, 0.15) is 30.8 Å². The minimum atomic E-state index is -0.0476. The zero-order valence-electron chi connectivity index (χ0n) is 14.2. The topological polar surface area (TPSA) is 89.1 Å². The van der Waals surface area contributed by atoms with Crippen LogP contribution in [0.5, 0.6) is 0 Å². The smallest absolute Gasteiger partial charge is 0.321 e. The molecular weight excluding hydrogens is 308 g/mol. The minimum Gasteiger partial charge on any atom is -0.336 e. The Morgan fingerprint density at radius 3 is 2.96 bits per heavy atom. The number of hydrogen-bond acceptors (Lipinski definition) is 7. The van der Waals surface area contributed by atoms with Gasteiger partial charge in [-0.2, -0.15) is 10.1 Å². The number of likely N-dealkylation sites (tertiary alicyclic amines) is 1. The molecule has 1 saturated heterocycles. The number of aryl methyl sites for hydroxylation is 2. The average Bonchev–Trinajstić information content (AvgIpc) is 3.00. The van der Waals surface area contributed by atoms with E-state index in [2.05, 4.69) is 25.5 Å². The first kappa shape index (κ1) is 16.6. The van der Waals surface area contributed by atoms with Gasteiger partial charge in [-0.1, -0.05) is 11.6 Å². The van der Waals surface area contributed by atoms with Crippen molar-refractivity contribution in [2.75, 3.05) is 25.0 Å². The van der Waals surface area contributed by atoms with Gasteiger partial charge < -0.3 is 9.84 Å². The van der Waals surface area contributed by atoms with Crippen LogP contribution >= 0.6 is 0 Å². The number of nitrogens with one attached hydrogen (secondary N) is 1. The average molecular weight is 332 g/mol. The highest BCUT2D eigenvalue weighted by molar-refractivity contribution is 5.18. The molecule has 1 unspecified atom stereocenters. The molecule has 130 valence electrons. The summed E-state index contributed by atoms with van der Waals surface area (Å²) in [6.07, 6.45) is 3.52. The van der Waals surface area contributed by atoms with E-state index in [-0.39, 0.29) is 5.56 Å². The van der Waals surface area contributed by atoms with Crippen LogP contribution in [0.3, 0.4) is 0 Å². The maximum atomic E-state index is 11.9. The number of aromatic nitrogens is 4. The molecule has 3 rings (SSSR count). The molecule has 3 heterocycles. The maximum Gasteiger partial charge on any atom is 0.321 e. The molecule has 0 amide bonds. The zero-order chi connectivity index (χ0) is 16.9. The summed E-state index contributed by atoms with van der Waals surface area (Å²) >= 11 is 0. The van der Waals surface area contributed by atoms with Gasteiger partial charge in [0.2, 0.25) is 0 Å². The molecule has 24 heavy (non-hydrogen) atoms. The van der Waals surface area contributed by atoms with Crippen molar-refractivity contribution in [3.05, 3.63) is 34.0 Å². The Bertz CT molecular complexity index is 725. The molecule has 1 fully saturated rings. The monoisotopic (exact) mass is 332 g/mol. The van der Waals surface area contributed by atoms with Crippen LogP contribution in [-0.4, -0.2) is 50.5 Å². The molecule has 1 atom stereocenters. The standard InChI is InChI=1S/C16H24N6O2/c1-12-6-7-15(23)22(19-12)10-9-21-8-4-3-5-14(21)11-17-16-18-13(2)20-24-16/h6-7,14H,3-5,8-11H2,1-2H3,(H,17,18,20). The lowest BCUT2D eigenvalue weighted by molar-refractivity contribution is 0.147. The van der Waals surface area contributed by atoms with Gasteiger partial charge >= 0.3 is 6.01 Å². The molecule has 0 radical (unpaired) electrons. The van der Waals surface area contributed by atoms with E-state index in [1.807, 2.05) is 6.92 Å². The van der Waals surface area contributed by atoms with E-state index in [0.717, 1.165) is 31.7 Å². The highest BCUT2D eigenvalue weighted by atomic mass is 16.5. The Labute approximate surface area is 140 Å². The van der Waals surface area contributed by atoms with Crippen molar-refractivity contribution in [1.82, 2.24) is 24.8 Å². The van der Waals surface area contributed by atoms with E-state index >= 15 is 0 Å². The summed E-state index contributed by atoms with van der Waals surface area (Å²) < 4.78 is 6.65. The van der Waals surface area contributed by atoms with Crippen LogP contribution in [-0.2, 0) is 6.54 Å². The van der Waals surface area contributed by atoms with Crippen molar-refractivity contribution in [3.63, 3.8) is 0 Å². The molecule has 8 heteroatoms. The van der Waals surface area contributed by atoms with Gasteiger partial charge in [0.25, 0.3) is 5.56 Å². The van der Waals surface area contributed by atoms with Crippen molar-refractivity contribution in [3.8, 4) is 0 Å². The van der Waals surface area contributed by atoms with Crippen LogP contribution in [0.25, 0.3) is 0 Å². The van der Waals surface area contributed by atoms with E-state index in [1.165, 1.54) is 12.8 Å². The Morgan fingerprint density at radius 1 is 1.29 bits per heavy atom. The van der Waals surface area contributed by atoms with Gasteiger partial charge in [-0.15, -0.1) is 0 Å². The van der Waals surface area contributed by atoms with Gasteiger partial charge in [0.15, 0.2) is 5.82 Å². The summed E-state index contributed by atoms with van der Waals surface area (Å²) in [5, 5.41) is 11.3. The predicted octanol–water partition coefficient (Wildman–Crippen LogP) is 1.21. The van der Waals surface area contributed by atoms with Crippen LogP contribution in [0, 0.1) is 13.8 Å². The molecule has 2 aromatic heterocycles. The molecular formula is C16H24N6O2. The molecule has 0 bridgehead atoms. The Hall–Kier alpha value is -2.22. The summed E-state index contributed by atoms with van der Waals surface area (Å²) in [5.74, 6) is 0.628. The fourth-order valence-electron chi connectivity index (χ4n) is 3.09. The molecule has 0 saturated carbocycles. The van der Waals surface area contributed by atoms with Gasteiger partial charge in [0, 0.05) is 25.2 Å². The van der Waals surface area contributed by atoms with Crippen molar-refractivity contribution >= 4 is 6.01 Å². The van der Waals surface area contributed by atoms with E-state index in [4.69, 9.17) is 4.52 Å². The van der Waals surface area contributed by atoms with Gasteiger partial charge in [0.05, 0.1) is 12.2 Å². The molecule has 2 aromatic rings. The highest BCUT2D eigenvalue weighted by Gasteiger charge is 2.22. The number of piperidine rings is 1. The number of rotatable bonds is 6. The third kappa shape index (κ3) is 4.19. The lowest BCUT2D eigenvalue weighted by atomic mass is 10.0. The van der Waals surface area contributed by atoms with Crippen molar-refractivity contribution in [2.24, 2.45) is 0 Å². The van der Waals surface area contributed by atoms with Crippen molar-refractivity contribution in [2.45, 2.75) is 45.7 Å².